The van der Waals surface area contributed by atoms with Crippen LogP contribution in [0.5, 0.6) is 0 Å². The van der Waals surface area contributed by atoms with Crippen LogP contribution >= 0.6 is 0 Å². The monoisotopic (exact) mass is 668 g/mol. The fraction of sp³-hybridized carbons (Fsp3) is 0.120. The van der Waals surface area contributed by atoms with Crippen LogP contribution in [0, 0.1) is 6.92 Å². The third-order valence-corrected chi connectivity index (χ3v) is 11.4. The molecule has 250 valence electrons. The normalized spacial score (nSPS) is 15.1. The first-order valence-corrected chi connectivity index (χ1v) is 18.6. The summed E-state index contributed by atoms with van der Waals surface area (Å²) in [7, 11) is 0. The number of rotatable bonds is 3. The van der Waals surface area contributed by atoms with E-state index in [4.69, 9.17) is 0 Å². The van der Waals surface area contributed by atoms with E-state index in [-0.39, 0.29) is 0 Å². The van der Waals surface area contributed by atoms with Crippen LogP contribution in [0.15, 0.2) is 152 Å². The molecule has 6 aromatic carbocycles. The molecule has 0 radical (unpaired) electrons. The van der Waals surface area contributed by atoms with E-state index in [1.807, 2.05) is 0 Å². The van der Waals surface area contributed by atoms with Crippen LogP contribution in [-0.2, 0) is 6.42 Å². The smallest absolute Gasteiger partial charge is 0.0541 e. The SMILES string of the molecule is Cc1ccc2c(cc3ccccc3c(-n3c4c(c5ccccc53)C=C(c3ccc5c(c3)c3ccccc3n5-c3ccccc3)CC4)c1)C=CCC2C. The summed E-state index contributed by atoms with van der Waals surface area (Å²) in [6.07, 6.45) is 10.2. The van der Waals surface area contributed by atoms with E-state index >= 15 is 0 Å². The van der Waals surface area contributed by atoms with E-state index in [2.05, 4.69) is 187 Å². The van der Waals surface area contributed by atoms with E-state index in [0.29, 0.717) is 5.92 Å². The summed E-state index contributed by atoms with van der Waals surface area (Å²) in [6.45, 7) is 4.58. The van der Waals surface area contributed by atoms with Crippen molar-refractivity contribution in [2.24, 2.45) is 0 Å². The van der Waals surface area contributed by atoms with Crippen LogP contribution in [0.1, 0.15) is 59.2 Å². The Kier molecular flexibility index (Phi) is 7.25. The van der Waals surface area contributed by atoms with Crippen molar-refractivity contribution in [2.45, 2.75) is 39.0 Å². The molecule has 2 heterocycles. The second-order valence-electron chi connectivity index (χ2n) is 14.6. The minimum Gasteiger partial charge on any atom is -0.312 e. The molecule has 0 spiro atoms. The fourth-order valence-corrected chi connectivity index (χ4v) is 8.83. The number of aromatic nitrogens is 2. The van der Waals surface area contributed by atoms with Crippen molar-refractivity contribution in [2.75, 3.05) is 0 Å². The van der Waals surface area contributed by atoms with Crippen molar-refractivity contribution >= 4 is 61.2 Å². The first-order chi connectivity index (χ1) is 25.6. The van der Waals surface area contributed by atoms with Crippen LogP contribution in [0.2, 0.25) is 0 Å². The van der Waals surface area contributed by atoms with Crippen molar-refractivity contribution in [1.82, 2.24) is 9.13 Å². The molecule has 2 nitrogen and oxygen atoms in total. The number of para-hydroxylation sites is 3. The Morgan fingerprint density at radius 3 is 2.13 bits per heavy atom. The van der Waals surface area contributed by atoms with Gasteiger partial charge >= 0.3 is 0 Å². The molecule has 0 aliphatic heterocycles. The quantitative estimate of drug-likeness (QED) is 0.177. The van der Waals surface area contributed by atoms with Gasteiger partial charge in [0.15, 0.2) is 0 Å². The van der Waals surface area contributed by atoms with E-state index in [9.17, 15) is 0 Å². The zero-order chi connectivity index (χ0) is 34.8. The lowest BCUT2D eigenvalue weighted by atomic mass is 9.89. The highest BCUT2D eigenvalue weighted by Gasteiger charge is 2.23. The molecule has 0 saturated carbocycles. The van der Waals surface area contributed by atoms with Gasteiger partial charge in [-0.15, -0.1) is 0 Å². The second kappa shape index (κ2) is 12.3. The van der Waals surface area contributed by atoms with Gasteiger partial charge in [0.1, 0.15) is 0 Å². The number of hydrogen-bond acceptors (Lipinski definition) is 0. The van der Waals surface area contributed by atoms with Gasteiger partial charge in [0.05, 0.1) is 22.2 Å². The summed E-state index contributed by atoms with van der Waals surface area (Å²) in [6, 6.07) is 54.0. The van der Waals surface area contributed by atoms with E-state index in [1.165, 1.54) is 93.9 Å². The van der Waals surface area contributed by atoms with E-state index < -0.39 is 0 Å². The largest absolute Gasteiger partial charge is 0.312 e. The highest BCUT2D eigenvalue weighted by molar-refractivity contribution is 6.11. The Balaban J connectivity index is 1.18. The molecule has 0 amide bonds. The first kappa shape index (κ1) is 30.7. The first-order valence-electron chi connectivity index (χ1n) is 18.6. The summed E-state index contributed by atoms with van der Waals surface area (Å²) in [4.78, 5) is 0. The van der Waals surface area contributed by atoms with Crippen LogP contribution in [0.25, 0.3) is 72.6 Å². The highest BCUT2D eigenvalue weighted by Crippen LogP contribution is 2.41. The minimum absolute atomic E-state index is 0.500. The topological polar surface area (TPSA) is 9.86 Å². The standard InChI is InChI=1S/C50H40N2/c1-33-23-26-40-34(2)13-12-15-37(40)30-38-14-6-7-18-41(38)50(29-33)52-47-22-11-9-20-43(47)45-32-36(25-28-49(45)52)35-24-27-48-44(31-35)42-19-8-10-21-46(42)51(48)39-16-4-3-5-17-39/h3-12,14-24,26-27,29-32,34H,13,25,28H2,1-2H3. The number of nitrogens with zero attached hydrogens (tertiary/aromatic N) is 2. The fourth-order valence-electron chi connectivity index (χ4n) is 8.83. The minimum atomic E-state index is 0.500. The molecule has 0 saturated heterocycles. The van der Waals surface area contributed by atoms with Gasteiger partial charge in [-0.2, -0.15) is 0 Å². The lowest BCUT2D eigenvalue weighted by molar-refractivity contribution is 0.773. The number of hydrogen-bond donors (Lipinski definition) is 0. The van der Waals surface area contributed by atoms with Crippen molar-refractivity contribution in [3.8, 4) is 11.4 Å². The van der Waals surface area contributed by atoms with Crippen molar-refractivity contribution < 1.29 is 0 Å². The molecule has 1 unspecified atom stereocenters. The van der Waals surface area contributed by atoms with Gasteiger partial charge in [0, 0.05) is 38.5 Å². The molecule has 10 rings (SSSR count). The average Bonchev–Trinajstić information content (AvgIpc) is 3.69. The van der Waals surface area contributed by atoms with Gasteiger partial charge < -0.3 is 9.13 Å². The second-order valence-corrected chi connectivity index (χ2v) is 14.6. The maximum atomic E-state index is 2.56. The Morgan fingerprint density at radius 2 is 1.29 bits per heavy atom. The molecule has 2 aliphatic rings. The molecule has 8 aromatic rings. The van der Waals surface area contributed by atoms with Crippen LogP contribution < -0.4 is 0 Å². The third kappa shape index (κ3) is 4.93. The molecule has 1 atom stereocenters. The van der Waals surface area contributed by atoms with Crippen molar-refractivity contribution in [1.29, 1.82) is 0 Å². The zero-order valence-electron chi connectivity index (χ0n) is 29.7. The van der Waals surface area contributed by atoms with Gasteiger partial charge in [-0.3, -0.25) is 0 Å². The number of fused-ring (bicyclic) bond motifs is 8. The molecule has 0 bridgehead atoms. The predicted molar refractivity (Wildman–Crippen MR) is 222 cm³/mol. The van der Waals surface area contributed by atoms with Crippen molar-refractivity contribution in [3.05, 3.63) is 185 Å². The average molecular weight is 669 g/mol. The molecule has 0 N–H and O–H groups in total. The van der Waals surface area contributed by atoms with Gasteiger partial charge in [0.25, 0.3) is 0 Å². The maximum Gasteiger partial charge on any atom is 0.0541 e. The predicted octanol–water partition coefficient (Wildman–Crippen LogP) is 13.3. The summed E-state index contributed by atoms with van der Waals surface area (Å²) in [5.74, 6) is 0.500. The lowest BCUT2D eigenvalue weighted by Gasteiger charge is -2.19. The lowest BCUT2D eigenvalue weighted by Crippen LogP contribution is -2.06. The number of allylic oxidation sites excluding steroid dienone is 2. The van der Waals surface area contributed by atoms with Crippen LogP contribution in [-0.4, -0.2) is 9.13 Å². The summed E-state index contributed by atoms with van der Waals surface area (Å²) in [5.41, 5.74) is 15.6. The molecule has 2 aromatic heterocycles. The van der Waals surface area contributed by atoms with E-state index in [0.717, 1.165) is 19.3 Å². The summed E-state index contributed by atoms with van der Waals surface area (Å²) >= 11 is 0. The summed E-state index contributed by atoms with van der Waals surface area (Å²) in [5, 5.41) is 6.40. The van der Waals surface area contributed by atoms with Crippen LogP contribution in [0.4, 0.5) is 0 Å². The molecule has 2 aliphatic carbocycles. The number of benzene rings is 5. The Morgan fingerprint density at radius 1 is 0.577 bits per heavy atom. The number of aryl methyl sites for hydroxylation is 1. The van der Waals surface area contributed by atoms with Gasteiger partial charge in [-0.05, 0) is 120 Å². The third-order valence-electron chi connectivity index (χ3n) is 11.4. The molecule has 52 heavy (non-hydrogen) atoms. The Hall–Kier alpha value is -6.12. The van der Waals surface area contributed by atoms with Crippen molar-refractivity contribution in [3.63, 3.8) is 0 Å². The zero-order valence-corrected chi connectivity index (χ0v) is 29.7. The molecule has 0 fully saturated rings. The van der Waals surface area contributed by atoms with Crippen LogP contribution in [0.3, 0.4) is 0 Å². The molecular formula is C50H40N2. The Bertz CT molecular complexity index is 2840. The van der Waals surface area contributed by atoms with E-state index in [1.54, 1.807) is 0 Å². The molecule has 2 heteroatoms. The van der Waals surface area contributed by atoms with Gasteiger partial charge in [0.2, 0.25) is 0 Å². The highest BCUT2D eigenvalue weighted by atomic mass is 15.0. The summed E-state index contributed by atoms with van der Waals surface area (Å²) < 4.78 is 4.96. The maximum absolute atomic E-state index is 2.56. The van der Waals surface area contributed by atoms with Gasteiger partial charge in [-0.1, -0.05) is 116 Å². The molecular weight excluding hydrogens is 629 g/mol. The van der Waals surface area contributed by atoms with Gasteiger partial charge in [-0.25, -0.2) is 0 Å². The Labute approximate surface area is 304 Å².